The second kappa shape index (κ2) is 6.21. The quantitative estimate of drug-likeness (QED) is 0.636. The molecule has 2 amide bonds. The lowest BCUT2D eigenvalue weighted by atomic mass is 10.1. The number of carbonyl (C=O) groups excluding carboxylic acids is 3. The molecule has 6 heteroatoms. The summed E-state index contributed by atoms with van der Waals surface area (Å²) in [6.07, 6.45) is -0.901. The predicted molar refractivity (Wildman–Crippen MR) is 89.3 cm³/mol. The molecule has 0 unspecified atom stereocenters. The Kier molecular flexibility index (Phi) is 4.07. The highest BCUT2D eigenvalue weighted by molar-refractivity contribution is 6.34. The molecule has 1 heterocycles. The zero-order valence-electron chi connectivity index (χ0n) is 13.6. The number of anilines is 1. The largest absolute Gasteiger partial charge is 0.444 e. The molecule has 1 atom stereocenters. The number of fused-ring (bicyclic) bond motifs is 1. The summed E-state index contributed by atoms with van der Waals surface area (Å²) in [4.78, 5) is 38.5. The Bertz CT molecular complexity index is 943. The highest BCUT2D eigenvalue weighted by Gasteiger charge is 2.37. The van der Waals surface area contributed by atoms with Gasteiger partial charge in [0, 0.05) is 0 Å². The van der Waals surface area contributed by atoms with E-state index in [2.05, 4.69) is 0 Å². The van der Waals surface area contributed by atoms with Crippen molar-refractivity contribution >= 4 is 23.5 Å². The van der Waals surface area contributed by atoms with Crippen LogP contribution in [0.5, 0.6) is 0 Å². The van der Waals surface area contributed by atoms with Gasteiger partial charge in [-0.2, -0.15) is 5.26 Å². The number of hydrogen-bond acceptors (Lipinski definition) is 5. The van der Waals surface area contributed by atoms with Gasteiger partial charge in [-0.25, -0.2) is 9.69 Å². The molecule has 0 fully saturated rings. The van der Waals surface area contributed by atoms with Gasteiger partial charge in [0.15, 0.2) is 6.10 Å². The Morgan fingerprint density at radius 3 is 2.48 bits per heavy atom. The third kappa shape index (κ3) is 2.76. The first-order valence-corrected chi connectivity index (χ1v) is 7.63. The molecular weight excluding hydrogens is 320 g/mol. The van der Waals surface area contributed by atoms with E-state index in [-0.39, 0.29) is 16.7 Å². The van der Waals surface area contributed by atoms with E-state index in [0.29, 0.717) is 5.69 Å². The molecule has 0 saturated carbocycles. The number of ether oxygens (including phenoxy) is 1. The predicted octanol–water partition coefficient (Wildman–Crippen LogP) is 2.86. The van der Waals surface area contributed by atoms with E-state index >= 15 is 0 Å². The van der Waals surface area contributed by atoms with Gasteiger partial charge in [0.2, 0.25) is 0 Å². The highest BCUT2D eigenvalue weighted by Crippen LogP contribution is 2.31. The number of aryl methyl sites for hydroxylation is 1. The van der Waals surface area contributed by atoms with Crippen molar-refractivity contribution in [3.63, 3.8) is 0 Å². The van der Waals surface area contributed by atoms with E-state index in [0.717, 1.165) is 10.5 Å². The number of benzene rings is 2. The van der Waals surface area contributed by atoms with Crippen LogP contribution in [0.1, 0.15) is 43.6 Å². The van der Waals surface area contributed by atoms with Gasteiger partial charge < -0.3 is 4.74 Å². The third-order valence-corrected chi connectivity index (χ3v) is 3.94. The summed E-state index contributed by atoms with van der Waals surface area (Å²) in [7, 11) is 0. The lowest BCUT2D eigenvalue weighted by Crippen LogP contribution is -2.29. The van der Waals surface area contributed by atoms with Gasteiger partial charge >= 0.3 is 5.97 Å². The molecule has 124 valence electrons. The topological polar surface area (TPSA) is 87.5 Å². The summed E-state index contributed by atoms with van der Waals surface area (Å²) in [6, 6.07) is 13.1. The molecule has 0 aromatic heterocycles. The maximum absolute atomic E-state index is 12.7. The van der Waals surface area contributed by atoms with Gasteiger partial charge in [-0.15, -0.1) is 0 Å². The molecule has 0 bridgehead atoms. The van der Waals surface area contributed by atoms with Crippen molar-refractivity contribution < 1.29 is 19.1 Å². The Balaban J connectivity index is 1.98. The number of hydrogen-bond donors (Lipinski definition) is 0. The van der Waals surface area contributed by atoms with Crippen LogP contribution < -0.4 is 4.90 Å². The summed E-state index contributed by atoms with van der Waals surface area (Å²) in [5.74, 6) is -1.64. The highest BCUT2D eigenvalue weighted by atomic mass is 16.5. The average Bonchev–Trinajstić information content (AvgIpc) is 2.86. The molecule has 2 aromatic carbocycles. The van der Waals surface area contributed by atoms with Crippen LogP contribution in [0.15, 0.2) is 42.5 Å². The molecule has 1 aliphatic heterocycles. The van der Waals surface area contributed by atoms with Gasteiger partial charge in [0.25, 0.3) is 11.8 Å². The van der Waals surface area contributed by atoms with Crippen LogP contribution in [0.25, 0.3) is 0 Å². The minimum atomic E-state index is -0.901. The number of nitrogens with zero attached hydrogens (tertiary/aromatic N) is 2. The van der Waals surface area contributed by atoms with Gasteiger partial charge in [-0.05, 0) is 43.7 Å². The fourth-order valence-electron chi connectivity index (χ4n) is 2.66. The maximum Gasteiger partial charge on any atom is 0.339 e. The fourth-order valence-corrected chi connectivity index (χ4v) is 2.66. The smallest absolute Gasteiger partial charge is 0.339 e. The van der Waals surface area contributed by atoms with E-state index < -0.39 is 23.9 Å². The summed E-state index contributed by atoms with van der Waals surface area (Å²) in [5, 5.41) is 8.72. The normalized spacial score (nSPS) is 14.0. The second-order valence-electron chi connectivity index (χ2n) is 5.67. The Morgan fingerprint density at radius 1 is 1.12 bits per heavy atom. The van der Waals surface area contributed by atoms with Gasteiger partial charge in [-0.1, -0.05) is 18.2 Å². The SMILES string of the molecule is Cc1ccccc1N1C(=O)c2ccc(C(=O)O[C@@H](C)C#N)cc2C1=O. The molecule has 0 N–H and O–H groups in total. The van der Waals surface area contributed by atoms with Crippen molar-refractivity contribution in [2.45, 2.75) is 20.0 Å². The average molecular weight is 334 g/mol. The fraction of sp³-hybridized carbons (Fsp3) is 0.158. The molecule has 0 radical (unpaired) electrons. The molecule has 0 aliphatic carbocycles. The van der Waals surface area contributed by atoms with E-state index in [1.54, 1.807) is 18.2 Å². The summed E-state index contributed by atoms with van der Waals surface area (Å²) >= 11 is 0. The van der Waals surface area contributed by atoms with Gasteiger partial charge in [0.1, 0.15) is 6.07 Å². The number of amides is 2. The number of carbonyl (C=O) groups is 3. The van der Waals surface area contributed by atoms with Crippen LogP contribution >= 0.6 is 0 Å². The molecule has 0 spiro atoms. The number of esters is 1. The molecule has 3 rings (SSSR count). The molecule has 6 nitrogen and oxygen atoms in total. The van der Waals surface area contributed by atoms with E-state index in [4.69, 9.17) is 10.00 Å². The number of imide groups is 1. The molecule has 2 aromatic rings. The van der Waals surface area contributed by atoms with Crippen molar-refractivity contribution in [2.75, 3.05) is 4.90 Å². The van der Waals surface area contributed by atoms with Crippen LogP contribution in [0, 0.1) is 18.3 Å². The van der Waals surface area contributed by atoms with E-state index in [1.165, 1.54) is 25.1 Å². The van der Waals surface area contributed by atoms with Crippen LogP contribution in [0.4, 0.5) is 5.69 Å². The van der Waals surface area contributed by atoms with E-state index in [1.807, 2.05) is 19.1 Å². The van der Waals surface area contributed by atoms with Crippen LogP contribution in [0.2, 0.25) is 0 Å². The van der Waals surface area contributed by atoms with Crippen molar-refractivity contribution in [3.8, 4) is 6.07 Å². The summed E-state index contributed by atoms with van der Waals surface area (Å²) in [5.41, 5.74) is 1.80. The molecular formula is C19H14N2O4. The van der Waals surface area contributed by atoms with Crippen molar-refractivity contribution in [2.24, 2.45) is 0 Å². The van der Waals surface area contributed by atoms with Crippen LogP contribution in [-0.2, 0) is 4.74 Å². The van der Waals surface area contributed by atoms with Gasteiger partial charge in [0.05, 0.1) is 22.4 Å². The van der Waals surface area contributed by atoms with Gasteiger partial charge in [-0.3, -0.25) is 9.59 Å². The minimum absolute atomic E-state index is 0.119. The van der Waals surface area contributed by atoms with Crippen molar-refractivity contribution in [1.29, 1.82) is 5.26 Å². The lowest BCUT2D eigenvalue weighted by molar-refractivity contribution is 0.0435. The van der Waals surface area contributed by atoms with E-state index in [9.17, 15) is 14.4 Å². The Hall–Kier alpha value is -3.46. The standard InChI is InChI=1S/C19H14N2O4/c1-11-5-3-4-6-16(11)21-17(22)14-8-7-13(9-15(14)18(21)23)19(24)25-12(2)10-20/h3-9,12H,1-2H3/t12-/m0/s1. The van der Waals surface area contributed by atoms with Crippen molar-refractivity contribution in [3.05, 3.63) is 64.7 Å². The number of para-hydroxylation sites is 1. The minimum Gasteiger partial charge on any atom is -0.444 e. The van der Waals surface area contributed by atoms with Crippen LogP contribution in [0.3, 0.4) is 0 Å². The second-order valence-corrected chi connectivity index (χ2v) is 5.67. The van der Waals surface area contributed by atoms with Crippen molar-refractivity contribution in [1.82, 2.24) is 0 Å². The third-order valence-electron chi connectivity index (χ3n) is 3.94. The first-order valence-electron chi connectivity index (χ1n) is 7.63. The maximum atomic E-state index is 12.7. The first-order chi connectivity index (χ1) is 11.9. The Morgan fingerprint density at radius 2 is 1.80 bits per heavy atom. The first kappa shape index (κ1) is 16.4. The molecule has 0 saturated heterocycles. The number of rotatable bonds is 3. The molecule has 1 aliphatic rings. The van der Waals surface area contributed by atoms with Crippen LogP contribution in [-0.4, -0.2) is 23.9 Å². The summed E-state index contributed by atoms with van der Waals surface area (Å²) in [6.45, 7) is 3.25. The summed E-state index contributed by atoms with van der Waals surface area (Å²) < 4.78 is 4.93. The molecule has 25 heavy (non-hydrogen) atoms. The zero-order chi connectivity index (χ0) is 18.1. The Labute approximate surface area is 144 Å². The zero-order valence-corrected chi connectivity index (χ0v) is 13.6. The monoisotopic (exact) mass is 334 g/mol. The number of nitriles is 1. The lowest BCUT2D eigenvalue weighted by Gasteiger charge is -2.16.